The number of hydrogen-bond donors (Lipinski definition) is 1. The van der Waals surface area contributed by atoms with Gasteiger partial charge in [-0.3, -0.25) is 4.79 Å². The first-order valence-corrected chi connectivity index (χ1v) is 9.00. The van der Waals surface area contributed by atoms with E-state index in [-0.39, 0.29) is 23.9 Å². The summed E-state index contributed by atoms with van der Waals surface area (Å²) >= 11 is 0. The normalized spacial score (nSPS) is 11.2. The minimum absolute atomic E-state index is 0.0131. The molecule has 0 radical (unpaired) electrons. The molecule has 0 saturated heterocycles. The summed E-state index contributed by atoms with van der Waals surface area (Å²) in [5, 5.41) is 5.02. The third-order valence-corrected chi connectivity index (χ3v) is 4.09. The number of ketones is 1. The van der Waals surface area contributed by atoms with Crippen LogP contribution < -0.4 is 14.6 Å². The van der Waals surface area contributed by atoms with Crippen LogP contribution in [-0.4, -0.2) is 35.2 Å². The van der Waals surface area contributed by atoms with E-state index in [1.165, 1.54) is 26.4 Å². The second kappa shape index (κ2) is 8.11. The van der Waals surface area contributed by atoms with E-state index in [0.29, 0.717) is 22.6 Å². The second-order valence-electron chi connectivity index (χ2n) is 5.22. The van der Waals surface area contributed by atoms with Gasteiger partial charge in [0.25, 0.3) is 0 Å². The SMILES string of the molecule is COCOc1cccc(OC)c1C(=O)c1ccc(CS(N)(=O)=O)cc1. The van der Waals surface area contributed by atoms with Crippen molar-refractivity contribution in [2.24, 2.45) is 5.14 Å². The van der Waals surface area contributed by atoms with Gasteiger partial charge in [-0.05, 0) is 17.7 Å². The number of methoxy groups -OCH3 is 2. The van der Waals surface area contributed by atoms with Crippen LogP contribution in [0.15, 0.2) is 42.5 Å². The molecule has 0 unspecified atom stereocenters. The van der Waals surface area contributed by atoms with E-state index in [2.05, 4.69) is 0 Å². The molecule has 0 heterocycles. The van der Waals surface area contributed by atoms with Crippen molar-refractivity contribution in [2.45, 2.75) is 5.75 Å². The van der Waals surface area contributed by atoms with Gasteiger partial charge in [0.1, 0.15) is 17.1 Å². The zero-order valence-corrected chi connectivity index (χ0v) is 14.7. The standard InChI is InChI=1S/C17H19NO6S/c1-22-11-24-15-5-3-4-14(23-2)16(15)17(19)13-8-6-12(7-9-13)10-25(18,20)21/h3-9H,10-11H2,1-2H3,(H2,18,20,21). The van der Waals surface area contributed by atoms with E-state index < -0.39 is 10.0 Å². The maximum atomic E-state index is 12.9. The van der Waals surface area contributed by atoms with Gasteiger partial charge in [0.05, 0.1) is 12.9 Å². The summed E-state index contributed by atoms with van der Waals surface area (Å²) in [5.41, 5.74) is 1.13. The second-order valence-corrected chi connectivity index (χ2v) is 6.83. The van der Waals surface area contributed by atoms with Crippen LogP contribution in [-0.2, 0) is 20.5 Å². The number of benzene rings is 2. The molecule has 0 spiro atoms. The Kier molecular flexibility index (Phi) is 6.13. The molecule has 25 heavy (non-hydrogen) atoms. The van der Waals surface area contributed by atoms with Gasteiger partial charge in [-0.15, -0.1) is 0 Å². The maximum absolute atomic E-state index is 12.9. The molecule has 2 aromatic rings. The fourth-order valence-corrected chi connectivity index (χ4v) is 2.93. The monoisotopic (exact) mass is 365 g/mol. The molecule has 134 valence electrons. The van der Waals surface area contributed by atoms with Gasteiger partial charge >= 0.3 is 0 Å². The Morgan fingerprint density at radius 1 is 1.04 bits per heavy atom. The lowest BCUT2D eigenvalue weighted by Gasteiger charge is -2.14. The van der Waals surface area contributed by atoms with Crippen molar-refractivity contribution in [2.75, 3.05) is 21.0 Å². The van der Waals surface area contributed by atoms with Gasteiger partial charge in [-0.1, -0.05) is 30.3 Å². The number of sulfonamides is 1. The van der Waals surface area contributed by atoms with Crippen molar-refractivity contribution < 1.29 is 27.4 Å². The highest BCUT2D eigenvalue weighted by Gasteiger charge is 2.20. The molecule has 0 atom stereocenters. The lowest BCUT2D eigenvalue weighted by atomic mass is 10.0. The van der Waals surface area contributed by atoms with Crippen LogP contribution in [0, 0.1) is 0 Å². The van der Waals surface area contributed by atoms with Gasteiger partial charge in [0, 0.05) is 12.7 Å². The Balaban J connectivity index is 2.36. The van der Waals surface area contributed by atoms with Crippen LogP contribution >= 0.6 is 0 Å². The molecule has 0 saturated carbocycles. The number of ether oxygens (including phenoxy) is 3. The molecule has 0 aliphatic rings. The van der Waals surface area contributed by atoms with Crippen molar-refractivity contribution >= 4 is 15.8 Å². The number of carbonyl (C=O) groups is 1. The number of carbonyl (C=O) groups excluding carboxylic acids is 1. The summed E-state index contributed by atoms with van der Waals surface area (Å²) in [4.78, 5) is 12.9. The Labute approximate surface area is 146 Å². The Morgan fingerprint density at radius 2 is 1.68 bits per heavy atom. The van der Waals surface area contributed by atoms with Crippen molar-refractivity contribution in [3.05, 3.63) is 59.2 Å². The van der Waals surface area contributed by atoms with Crippen LogP contribution in [0.25, 0.3) is 0 Å². The quantitative estimate of drug-likeness (QED) is 0.564. The van der Waals surface area contributed by atoms with Crippen molar-refractivity contribution in [1.82, 2.24) is 0 Å². The summed E-state index contributed by atoms with van der Waals surface area (Å²) in [7, 11) is -0.691. The average molecular weight is 365 g/mol. The summed E-state index contributed by atoms with van der Waals surface area (Å²) in [6, 6.07) is 11.2. The number of primary sulfonamides is 1. The molecule has 8 heteroatoms. The van der Waals surface area contributed by atoms with Gasteiger partial charge in [0.15, 0.2) is 6.79 Å². The van der Waals surface area contributed by atoms with E-state index in [1.807, 2.05) is 0 Å². The maximum Gasteiger partial charge on any atom is 0.213 e. The van der Waals surface area contributed by atoms with Crippen LogP contribution in [0.5, 0.6) is 11.5 Å². The summed E-state index contributed by atoms with van der Waals surface area (Å²) in [6.45, 7) is -0.0131. The molecular formula is C17H19NO6S. The van der Waals surface area contributed by atoms with Crippen LogP contribution in [0.2, 0.25) is 0 Å². The summed E-state index contributed by atoms with van der Waals surface area (Å²) in [5.74, 6) is 0.0935. The van der Waals surface area contributed by atoms with E-state index in [4.69, 9.17) is 19.3 Å². The fraction of sp³-hybridized carbons (Fsp3) is 0.235. The summed E-state index contributed by atoms with van der Waals surface area (Å²) < 4.78 is 37.9. The third kappa shape index (κ3) is 5.02. The fourth-order valence-electron chi connectivity index (χ4n) is 2.28. The minimum atomic E-state index is -3.63. The lowest BCUT2D eigenvalue weighted by molar-refractivity contribution is 0.0501. The Hall–Kier alpha value is -2.42. The molecule has 0 aliphatic heterocycles. The summed E-state index contributed by atoms with van der Waals surface area (Å²) in [6.07, 6.45) is 0. The van der Waals surface area contributed by atoms with Crippen LogP contribution in [0.1, 0.15) is 21.5 Å². The largest absolute Gasteiger partial charge is 0.496 e. The number of hydrogen-bond acceptors (Lipinski definition) is 6. The number of rotatable bonds is 8. The van der Waals surface area contributed by atoms with Crippen molar-refractivity contribution in [3.63, 3.8) is 0 Å². The van der Waals surface area contributed by atoms with Crippen molar-refractivity contribution in [1.29, 1.82) is 0 Å². The van der Waals surface area contributed by atoms with E-state index in [9.17, 15) is 13.2 Å². The van der Waals surface area contributed by atoms with E-state index in [0.717, 1.165) is 0 Å². The van der Waals surface area contributed by atoms with Crippen LogP contribution in [0.3, 0.4) is 0 Å². The Morgan fingerprint density at radius 3 is 2.24 bits per heavy atom. The number of nitrogens with two attached hydrogens (primary N) is 1. The third-order valence-electron chi connectivity index (χ3n) is 3.35. The molecule has 0 bridgehead atoms. The van der Waals surface area contributed by atoms with Gasteiger partial charge in [0.2, 0.25) is 15.8 Å². The highest BCUT2D eigenvalue weighted by molar-refractivity contribution is 7.88. The molecule has 0 amide bonds. The van der Waals surface area contributed by atoms with E-state index in [1.54, 1.807) is 30.3 Å². The Bertz CT molecular complexity index is 846. The predicted molar refractivity (Wildman–Crippen MR) is 92.2 cm³/mol. The molecular weight excluding hydrogens is 346 g/mol. The predicted octanol–water partition coefficient (Wildman–Crippen LogP) is 1.70. The lowest BCUT2D eigenvalue weighted by Crippen LogP contribution is -2.14. The smallest absolute Gasteiger partial charge is 0.213 e. The van der Waals surface area contributed by atoms with Gasteiger partial charge < -0.3 is 14.2 Å². The molecule has 2 aromatic carbocycles. The molecule has 0 fully saturated rings. The first-order valence-electron chi connectivity index (χ1n) is 7.28. The molecule has 2 rings (SSSR count). The van der Waals surface area contributed by atoms with Gasteiger partial charge in [-0.2, -0.15) is 0 Å². The molecule has 0 aliphatic carbocycles. The first-order chi connectivity index (χ1) is 11.9. The highest BCUT2D eigenvalue weighted by atomic mass is 32.2. The van der Waals surface area contributed by atoms with E-state index >= 15 is 0 Å². The zero-order chi connectivity index (χ0) is 18.4. The van der Waals surface area contributed by atoms with Crippen LogP contribution in [0.4, 0.5) is 0 Å². The van der Waals surface area contributed by atoms with Crippen molar-refractivity contribution in [3.8, 4) is 11.5 Å². The average Bonchev–Trinajstić information content (AvgIpc) is 2.58. The molecule has 2 N–H and O–H groups in total. The topological polar surface area (TPSA) is 105 Å². The first kappa shape index (κ1) is 18.9. The molecule has 0 aromatic heterocycles. The van der Waals surface area contributed by atoms with Gasteiger partial charge in [-0.25, -0.2) is 13.6 Å². The molecule has 7 nitrogen and oxygen atoms in total. The highest BCUT2D eigenvalue weighted by Crippen LogP contribution is 2.31. The zero-order valence-electron chi connectivity index (χ0n) is 13.9. The minimum Gasteiger partial charge on any atom is -0.496 e.